The maximum Gasteiger partial charge on any atom is 0.253 e. The van der Waals surface area contributed by atoms with Crippen LogP contribution >= 0.6 is 0 Å². The van der Waals surface area contributed by atoms with E-state index in [9.17, 15) is 4.79 Å². The fraction of sp³-hybridized carbons (Fsp3) is 0.611. The van der Waals surface area contributed by atoms with Gasteiger partial charge < -0.3 is 14.5 Å². The minimum Gasteiger partial charge on any atom is -0.377 e. The number of likely N-dealkylation sites (tertiary alicyclic amines) is 1. The lowest BCUT2D eigenvalue weighted by molar-refractivity contribution is 0.00724. The molecule has 1 saturated heterocycles. The molecule has 0 spiro atoms. The standard InChI is InChI=1S/C18H28N2O2/c1-4-19(5-2)16-11-9-15(10-12-16)18(21)20-13-7-8-17(14-20)22-6-3/h9-12,17H,4-8,13-14H2,1-3H3. The number of hydrogen-bond donors (Lipinski definition) is 0. The van der Waals surface area contributed by atoms with Crippen LogP contribution in [0.1, 0.15) is 44.0 Å². The third-order valence-electron chi connectivity index (χ3n) is 4.31. The van der Waals surface area contributed by atoms with Crippen LogP contribution in [0, 0.1) is 0 Å². The van der Waals surface area contributed by atoms with Gasteiger partial charge in [-0.05, 0) is 57.9 Å². The highest BCUT2D eigenvalue weighted by molar-refractivity contribution is 5.94. The van der Waals surface area contributed by atoms with Crippen molar-refractivity contribution in [2.45, 2.75) is 39.7 Å². The molecule has 1 aliphatic rings. The van der Waals surface area contributed by atoms with E-state index in [4.69, 9.17) is 4.74 Å². The molecule has 0 aliphatic carbocycles. The summed E-state index contributed by atoms with van der Waals surface area (Å²) in [5.74, 6) is 0.121. The van der Waals surface area contributed by atoms with Crippen molar-refractivity contribution in [3.05, 3.63) is 29.8 Å². The number of rotatable bonds is 6. The number of carbonyl (C=O) groups is 1. The van der Waals surface area contributed by atoms with Crippen LogP contribution in [0.4, 0.5) is 5.69 Å². The van der Waals surface area contributed by atoms with E-state index in [1.165, 1.54) is 5.69 Å². The zero-order valence-corrected chi connectivity index (χ0v) is 14.0. The molecule has 1 aromatic rings. The molecule has 122 valence electrons. The average Bonchev–Trinajstić information content (AvgIpc) is 2.56. The molecule has 1 aromatic carbocycles. The first-order valence-electron chi connectivity index (χ1n) is 8.45. The van der Waals surface area contributed by atoms with Crippen LogP contribution in [-0.4, -0.2) is 49.7 Å². The lowest BCUT2D eigenvalue weighted by atomic mass is 10.1. The van der Waals surface area contributed by atoms with Gasteiger partial charge in [-0.2, -0.15) is 0 Å². The van der Waals surface area contributed by atoms with E-state index in [-0.39, 0.29) is 12.0 Å². The summed E-state index contributed by atoms with van der Waals surface area (Å²) < 4.78 is 5.68. The van der Waals surface area contributed by atoms with Crippen molar-refractivity contribution in [3.8, 4) is 0 Å². The van der Waals surface area contributed by atoms with Gasteiger partial charge in [0.25, 0.3) is 5.91 Å². The van der Waals surface area contributed by atoms with Gasteiger partial charge in [-0.1, -0.05) is 0 Å². The molecule has 1 fully saturated rings. The molecule has 2 rings (SSSR count). The summed E-state index contributed by atoms with van der Waals surface area (Å²) in [5, 5.41) is 0. The molecule has 4 heteroatoms. The second-order valence-corrected chi connectivity index (χ2v) is 5.69. The maximum atomic E-state index is 12.6. The van der Waals surface area contributed by atoms with Crippen molar-refractivity contribution in [2.24, 2.45) is 0 Å². The number of ether oxygens (including phenoxy) is 1. The smallest absolute Gasteiger partial charge is 0.253 e. The average molecular weight is 304 g/mol. The van der Waals surface area contributed by atoms with E-state index in [1.807, 2.05) is 36.1 Å². The number of amides is 1. The maximum absolute atomic E-state index is 12.6. The summed E-state index contributed by atoms with van der Waals surface area (Å²) >= 11 is 0. The monoisotopic (exact) mass is 304 g/mol. The van der Waals surface area contributed by atoms with Gasteiger partial charge in [0.2, 0.25) is 0 Å². The Bertz CT molecular complexity index is 466. The highest BCUT2D eigenvalue weighted by atomic mass is 16.5. The molecule has 0 bridgehead atoms. The zero-order valence-electron chi connectivity index (χ0n) is 14.0. The lowest BCUT2D eigenvalue weighted by Crippen LogP contribution is -2.43. The number of piperidine rings is 1. The second-order valence-electron chi connectivity index (χ2n) is 5.69. The van der Waals surface area contributed by atoms with Gasteiger partial charge in [-0.3, -0.25) is 4.79 Å². The molecule has 1 aliphatic heterocycles. The third-order valence-corrected chi connectivity index (χ3v) is 4.31. The SMILES string of the molecule is CCOC1CCCN(C(=O)c2ccc(N(CC)CC)cc2)C1. The van der Waals surface area contributed by atoms with E-state index in [2.05, 4.69) is 18.7 Å². The Hall–Kier alpha value is -1.55. The van der Waals surface area contributed by atoms with E-state index in [1.54, 1.807) is 0 Å². The largest absolute Gasteiger partial charge is 0.377 e. The molecule has 4 nitrogen and oxygen atoms in total. The highest BCUT2D eigenvalue weighted by Crippen LogP contribution is 2.19. The normalized spacial score (nSPS) is 18.3. The molecule has 1 heterocycles. The Kier molecular flexibility index (Phi) is 6.25. The number of benzene rings is 1. The molecule has 0 N–H and O–H groups in total. The van der Waals surface area contributed by atoms with Gasteiger partial charge in [0.1, 0.15) is 0 Å². The van der Waals surface area contributed by atoms with Gasteiger partial charge in [0.15, 0.2) is 0 Å². The molecule has 0 aromatic heterocycles. The minimum absolute atomic E-state index is 0.121. The zero-order chi connectivity index (χ0) is 15.9. The Morgan fingerprint density at radius 2 is 1.91 bits per heavy atom. The lowest BCUT2D eigenvalue weighted by Gasteiger charge is -2.32. The van der Waals surface area contributed by atoms with Crippen LogP contribution in [0.2, 0.25) is 0 Å². The first kappa shape index (κ1) is 16.8. The summed E-state index contributed by atoms with van der Waals surface area (Å²) in [6.45, 7) is 10.5. The predicted molar refractivity (Wildman–Crippen MR) is 90.6 cm³/mol. The highest BCUT2D eigenvalue weighted by Gasteiger charge is 2.24. The molecule has 0 radical (unpaired) electrons. The number of anilines is 1. The fourth-order valence-corrected chi connectivity index (χ4v) is 3.08. The molecule has 1 unspecified atom stereocenters. The first-order chi connectivity index (χ1) is 10.7. The summed E-state index contributed by atoms with van der Waals surface area (Å²) in [6, 6.07) is 7.98. The van der Waals surface area contributed by atoms with Crippen molar-refractivity contribution >= 4 is 11.6 Å². The summed E-state index contributed by atoms with van der Waals surface area (Å²) in [5.41, 5.74) is 1.94. The van der Waals surface area contributed by atoms with Gasteiger partial charge >= 0.3 is 0 Å². The van der Waals surface area contributed by atoms with Crippen LogP contribution in [0.15, 0.2) is 24.3 Å². The third kappa shape index (κ3) is 4.01. The quantitative estimate of drug-likeness (QED) is 0.809. The fourth-order valence-electron chi connectivity index (χ4n) is 3.08. The van der Waals surface area contributed by atoms with E-state index in [0.717, 1.165) is 38.0 Å². The van der Waals surface area contributed by atoms with Crippen molar-refractivity contribution < 1.29 is 9.53 Å². The van der Waals surface area contributed by atoms with Crippen LogP contribution in [0.3, 0.4) is 0 Å². The topological polar surface area (TPSA) is 32.8 Å². The second kappa shape index (κ2) is 8.18. The van der Waals surface area contributed by atoms with Crippen molar-refractivity contribution in [3.63, 3.8) is 0 Å². The molecule has 1 atom stereocenters. The predicted octanol–water partition coefficient (Wildman–Crippen LogP) is 3.17. The molecular formula is C18H28N2O2. The molecule has 22 heavy (non-hydrogen) atoms. The first-order valence-corrected chi connectivity index (χ1v) is 8.45. The van der Waals surface area contributed by atoms with Crippen molar-refractivity contribution in [1.29, 1.82) is 0 Å². The van der Waals surface area contributed by atoms with Crippen LogP contribution in [0.25, 0.3) is 0 Å². The summed E-state index contributed by atoms with van der Waals surface area (Å²) in [6.07, 6.45) is 2.27. The number of carbonyl (C=O) groups excluding carboxylic acids is 1. The van der Waals surface area contributed by atoms with Gasteiger partial charge in [0.05, 0.1) is 6.10 Å². The Morgan fingerprint density at radius 3 is 2.50 bits per heavy atom. The number of nitrogens with zero attached hydrogens (tertiary/aromatic N) is 2. The molecule has 1 amide bonds. The van der Waals surface area contributed by atoms with Gasteiger partial charge in [-0.25, -0.2) is 0 Å². The summed E-state index contributed by atoms with van der Waals surface area (Å²) in [4.78, 5) is 16.8. The van der Waals surface area contributed by atoms with E-state index in [0.29, 0.717) is 13.2 Å². The van der Waals surface area contributed by atoms with E-state index < -0.39 is 0 Å². The van der Waals surface area contributed by atoms with Gasteiger partial charge in [-0.15, -0.1) is 0 Å². The van der Waals surface area contributed by atoms with Crippen LogP contribution in [-0.2, 0) is 4.74 Å². The van der Waals surface area contributed by atoms with Crippen LogP contribution < -0.4 is 4.90 Å². The molecular weight excluding hydrogens is 276 g/mol. The Morgan fingerprint density at radius 1 is 1.23 bits per heavy atom. The van der Waals surface area contributed by atoms with Crippen LogP contribution in [0.5, 0.6) is 0 Å². The van der Waals surface area contributed by atoms with Crippen molar-refractivity contribution in [1.82, 2.24) is 4.90 Å². The van der Waals surface area contributed by atoms with E-state index >= 15 is 0 Å². The molecule has 0 saturated carbocycles. The Balaban J connectivity index is 2.03. The minimum atomic E-state index is 0.121. The van der Waals surface area contributed by atoms with Gasteiger partial charge in [0, 0.05) is 44.0 Å². The van der Waals surface area contributed by atoms with Crippen molar-refractivity contribution in [2.75, 3.05) is 37.7 Å². The number of hydrogen-bond acceptors (Lipinski definition) is 3. The Labute approximate surface area is 134 Å². The summed E-state index contributed by atoms with van der Waals surface area (Å²) in [7, 11) is 0.